The smallest absolute Gasteiger partial charge is 0.162 e. The van der Waals surface area contributed by atoms with Gasteiger partial charge in [-0.25, -0.2) is 8.78 Å². The minimum absolute atomic E-state index is 0.142. The van der Waals surface area contributed by atoms with Crippen molar-refractivity contribution in [2.45, 2.75) is 44.9 Å². The van der Waals surface area contributed by atoms with Crippen LogP contribution in [0.3, 0.4) is 0 Å². The lowest BCUT2D eigenvalue weighted by Gasteiger charge is -2.36. The molecule has 1 fully saturated rings. The predicted molar refractivity (Wildman–Crippen MR) is 78.8 cm³/mol. The highest BCUT2D eigenvalue weighted by Gasteiger charge is 2.32. The van der Waals surface area contributed by atoms with E-state index < -0.39 is 11.6 Å². The number of halogens is 2. The summed E-state index contributed by atoms with van der Waals surface area (Å²) in [6, 6.07) is 4.60. The minimum Gasteiger partial charge on any atom is -0.319 e. The quantitative estimate of drug-likeness (QED) is 0.839. The van der Waals surface area contributed by atoms with E-state index in [9.17, 15) is 8.78 Å². The van der Waals surface area contributed by atoms with Crippen molar-refractivity contribution in [2.75, 3.05) is 13.6 Å². The van der Waals surface area contributed by atoms with Crippen molar-refractivity contribution < 1.29 is 8.78 Å². The van der Waals surface area contributed by atoms with E-state index >= 15 is 0 Å². The van der Waals surface area contributed by atoms with Gasteiger partial charge in [0.1, 0.15) is 0 Å². The van der Waals surface area contributed by atoms with E-state index in [1.807, 2.05) is 7.05 Å². The summed E-state index contributed by atoms with van der Waals surface area (Å²) >= 11 is 0. The molecule has 0 spiro atoms. The third-order valence-electron chi connectivity index (χ3n) is 4.65. The van der Waals surface area contributed by atoms with Crippen LogP contribution in [0.2, 0.25) is 0 Å². The van der Waals surface area contributed by atoms with Crippen molar-refractivity contribution in [3.8, 4) is 0 Å². The highest BCUT2D eigenvalue weighted by molar-refractivity contribution is 5.24. The fourth-order valence-electron chi connectivity index (χ4n) is 3.69. The van der Waals surface area contributed by atoms with Gasteiger partial charge in [0.25, 0.3) is 0 Å². The van der Waals surface area contributed by atoms with Crippen LogP contribution in [0.1, 0.15) is 50.5 Å². The summed E-state index contributed by atoms with van der Waals surface area (Å²) in [5, 5.41) is 3.20. The molecule has 1 aliphatic carbocycles. The van der Waals surface area contributed by atoms with Gasteiger partial charge in [0, 0.05) is 0 Å². The lowest BCUT2D eigenvalue weighted by molar-refractivity contribution is 0.218. The van der Waals surface area contributed by atoms with Crippen LogP contribution in [0.4, 0.5) is 8.78 Å². The van der Waals surface area contributed by atoms with Gasteiger partial charge in [0.2, 0.25) is 0 Å². The molecule has 0 radical (unpaired) electrons. The summed E-state index contributed by atoms with van der Waals surface area (Å²) in [5.74, 6) is -0.160. The molecular weight excluding hydrogens is 256 g/mol. The predicted octanol–water partition coefficient (Wildman–Crippen LogP) is 4.48. The molecule has 0 bridgehead atoms. The van der Waals surface area contributed by atoms with Crippen LogP contribution < -0.4 is 5.32 Å². The van der Waals surface area contributed by atoms with Crippen molar-refractivity contribution in [3.63, 3.8) is 0 Å². The van der Waals surface area contributed by atoms with Crippen LogP contribution in [0.15, 0.2) is 18.2 Å². The fraction of sp³-hybridized carbons (Fsp3) is 0.647. The summed E-state index contributed by atoms with van der Waals surface area (Å²) < 4.78 is 27.6. The van der Waals surface area contributed by atoms with E-state index in [1.165, 1.54) is 25.3 Å². The molecule has 112 valence electrons. The van der Waals surface area contributed by atoms with Gasteiger partial charge in [-0.15, -0.1) is 0 Å². The normalized spacial score (nSPS) is 26.7. The van der Waals surface area contributed by atoms with Crippen LogP contribution in [0, 0.1) is 23.5 Å². The van der Waals surface area contributed by atoms with E-state index in [0.29, 0.717) is 17.4 Å². The maximum Gasteiger partial charge on any atom is 0.162 e. The zero-order chi connectivity index (χ0) is 14.5. The first-order valence-corrected chi connectivity index (χ1v) is 7.75. The number of benzene rings is 1. The van der Waals surface area contributed by atoms with Gasteiger partial charge in [0.15, 0.2) is 11.6 Å². The average Bonchev–Trinajstić information content (AvgIpc) is 2.44. The maximum atomic E-state index is 14.1. The fourth-order valence-corrected chi connectivity index (χ4v) is 3.69. The molecule has 3 atom stereocenters. The molecule has 1 N–H and O–H groups in total. The van der Waals surface area contributed by atoms with E-state index in [4.69, 9.17) is 0 Å². The zero-order valence-corrected chi connectivity index (χ0v) is 12.5. The Morgan fingerprint density at radius 2 is 2.05 bits per heavy atom. The van der Waals surface area contributed by atoms with Gasteiger partial charge in [0.05, 0.1) is 0 Å². The molecule has 20 heavy (non-hydrogen) atoms. The van der Waals surface area contributed by atoms with Crippen molar-refractivity contribution in [3.05, 3.63) is 35.4 Å². The van der Waals surface area contributed by atoms with E-state index in [-0.39, 0.29) is 5.92 Å². The Bertz CT molecular complexity index is 433. The van der Waals surface area contributed by atoms with Gasteiger partial charge >= 0.3 is 0 Å². The molecule has 0 aliphatic heterocycles. The second-order valence-corrected chi connectivity index (χ2v) is 6.04. The molecule has 0 heterocycles. The number of hydrogen-bond acceptors (Lipinski definition) is 1. The Morgan fingerprint density at radius 3 is 2.75 bits per heavy atom. The molecule has 1 aliphatic rings. The molecule has 1 aromatic carbocycles. The molecule has 1 aromatic rings. The Kier molecular flexibility index (Phi) is 5.53. The summed E-state index contributed by atoms with van der Waals surface area (Å²) in [6.45, 7) is 3.07. The topological polar surface area (TPSA) is 12.0 Å². The van der Waals surface area contributed by atoms with Gasteiger partial charge in [-0.1, -0.05) is 38.3 Å². The van der Waals surface area contributed by atoms with Crippen molar-refractivity contribution in [1.82, 2.24) is 5.32 Å². The monoisotopic (exact) mass is 281 g/mol. The maximum absolute atomic E-state index is 14.1. The molecule has 3 heteroatoms. The van der Waals surface area contributed by atoms with Crippen LogP contribution in [0.5, 0.6) is 0 Å². The highest BCUT2D eigenvalue weighted by Crippen LogP contribution is 2.42. The van der Waals surface area contributed by atoms with Crippen molar-refractivity contribution >= 4 is 0 Å². The highest BCUT2D eigenvalue weighted by atomic mass is 19.2. The average molecular weight is 281 g/mol. The van der Waals surface area contributed by atoms with Crippen LogP contribution in [0.25, 0.3) is 0 Å². The number of nitrogens with one attached hydrogen (secondary N) is 1. The largest absolute Gasteiger partial charge is 0.319 e. The Morgan fingerprint density at radius 1 is 1.25 bits per heavy atom. The standard InChI is InChI=1S/C17H25F2N/c1-3-5-12-8-9-13(11-20-2)15(10-12)14-6-4-7-16(18)17(14)19/h4,6-7,12-13,15,20H,3,5,8-11H2,1-2H3. The van der Waals surface area contributed by atoms with Crippen molar-refractivity contribution in [1.29, 1.82) is 0 Å². The van der Waals surface area contributed by atoms with Gasteiger partial charge in [-0.05, 0) is 55.8 Å². The van der Waals surface area contributed by atoms with Gasteiger partial charge in [-0.2, -0.15) is 0 Å². The van der Waals surface area contributed by atoms with Crippen LogP contribution in [-0.4, -0.2) is 13.6 Å². The SMILES string of the molecule is CCCC1CCC(CNC)C(c2cccc(F)c2F)C1. The van der Waals surface area contributed by atoms with Crippen LogP contribution in [-0.2, 0) is 0 Å². The molecule has 0 amide bonds. The molecule has 1 saturated carbocycles. The van der Waals surface area contributed by atoms with Crippen molar-refractivity contribution in [2.24, 2.45) is 11.8 Å². The zero-order valence-electron chi connectivity index (χ0n) is 12.5. The van der Waals surface area contributed by atoms with E-state index in [0.717, 1.165) is 19.4 Å². The molecule has 3 unspecified atom stereocenters. The van der Waals surface area contributed by atoms with Gasteiger partial charge < -0.3 is 5.32 Å². The third-order valence-corrected chi connectivity index (χ3v) is 4.65. The Hall–Kier alpha value is -0.960. The van der Waals surface area contributed by atoms with E-state index in [2.05, 4.69) is 12.2 Å². The molecule has 2 rings (SSSR count). The lowest BCUT2D eigenvalue weighted by atomic mass is 9.70. The number of hydrogen-bond donors (Lipinski definition) is 1. The first-order chi connectivity index (χ1) is 9.67. The van der Waals surface area contributed by atoms with Gasteiger partial charge in [-0.3, -0.25) is 0 Å². The second-order valence-electron chi connectivity index (χ2n) is 6.04. The molecular formula is C17H25F2N. The summed E-state index contributed by atoms with van der Waals surface area (Å²) in [5.41, 5.74) is 0.575. The molecule has 0 aromatic heterocycles. The van der Waals surface area contributed by atoms with E-state index in [1.54, 1.807) is 12.1 Å². The Labute approximate surface area is 120 Å². The lowest BCUT2D eigenvalue weighted by Crippen LogP contribution is -2.31. The van der Waals surface area contributed by atoms with Crippen LogP contribution >= 0.6 is 0 Å². The minimum atomic E-state index is -0.719. The Balaban J connectivity index is 2.24. The first-order valence-electron chi connectivity index (χ1n) is 7.75. The summed E-state index contributed by atoms with van der Waals surface area (Å²) in [6.07, 6.45) is 5.67. The molecule has 1 nitrogen and oxygen atoms in total. The number of rotatable bonds is 5. The summed E-state index contributed by atoms with van der Waals surface area (Å²) in [4.78, 5) is 0. The molecule has 0 saturated heterocycles. The first kappa shape index (κ1) is 15.4. The third kappa shape index (κ3) is 3.38. The second kappa shape index (κ2) is 7.16. The summed E-state index contributed by atoms with van der Waals surface area (Å²) in [7, 11) is 1.93.